The van der Waals surface area contributed by atoms with Crippen LogP contribution >= 0.6 is 0 Å². The van der Waals surface area contributed by atoms with Crippen LogP contribution in [0.25, 0.3) is 0 Å². The first-order valence-corrected chi connectivity index (χ1v) is 5.02. The molecule has 0 N–H and O–H groups in total. The molecule has 1 rings (SSSR count). The van der Waals surface area contributed by atoms with Crippen LogP contribution < -0.4 is 0 Å². The molecule has 1 atom stereocenters. The van der Waals surface area contributed by atoms with Crippen molar-refractivity contribution in [1.29, 1.82) is 0 Å². The van der Waals surface area contributed by atoms with Gasteiger partial charge in [-0.2, -0.15) is 0 Å². The molecular formula is C6H7O2Ti. The minimum absolute atomic E-state index is 0.157. The molecule has 47 valence electrons. The number of hydrogen-bond donors (Lipinski definition) is 0. The van der Waals surface area contributed by atoms with Crippen LogP contribution in [-0.2, 0) is 24.5 Å². The molecule has 0 aromatic heterocycles. The van der Waals surface area contributed by atoms with Gasteiger partial charge >= 0.3 is 59.4 Å². The van der Waals surface area contributed by atoms with Crippen LogP contribution in [0.3, 0.4) is 0 Å². The molecule has 0 aliphatic heterocycles. The molecule has 1 aliphatic carbocycles. The van der Waals surface area contributed by atoms with Gasteiger partial charge < -0.3 is 0 Å². The summed E-state index contributed by atoms with van der Waals surface area (Å²) in [4.78, 5) is 0. The van der Waals surface area contributed by atoms with E-state index in [1.165, 1.54) is 0 Å². The topological polar surface area (TPSA) is 34.1 Å². The molecule has 0 spiro atoms. The number of rotatable bonds is 1. The molecule has 0 heterocycles. The van der Waals surface area contributed by atoms with E-state index in [1.54, 1.807) is 12.2 Å². The summed E-state index contributed by atoms with van der Waals surface area (Å²) in [5, 5.41) is 0. The fourth-order valence-corrected chi connectivity index (χ4v) is 1.69. The Morgan fingerprint density at radius 3 is 2.44 bits per heavy atom. The molecule has 1 aliphatic rings. The number of hydrogen-bond acceptors (Lipinski definition) is 2. The minimum atomic E-state index is -3.13. The Bertz CT molecular complexity index is 205. The zero-order valence-corrected chi connectivity index (χ0v) is 6.47. The molecule has 3 heteroatoms. The first-order valence-electron chi connectivity index (χ1n) is 2.85. The van der Waals surface area contributed by atoms with Gasteiger partial charge in [0.15, 0.2) is 0 Å². The summed E-state index contributed by atoms with van der Waals surface area (Å²) >= 11 is -3.13. The second-order valence-electron chi connectivity index (χ2n) is 1.97. The molecule has 0 radical (unpaired) electrons. The maximum atomic E-state index is 10.4. The second-order valence-corrected chi connectivity index (χ2v) is 4.13. The summed E-state index contributed by atoms with van der Waals surface area (Å²) in [6.07, 6.45) is 7.97. The van der Waals surface area contributed by atoms with Gasteiger partial charge in [0.25, 0.3) is 0 Å². The predicted octanol–water partition coefficient (Wildman–Crippen LogP) is 1.60. The first-order chi connectivity index (χ1) is 4.30. The molecule has 0 aromatic carbocycles. The van der Waals surface area contributed by atoms with Gasteiger partial charge in [-0.25, -0.2) is 0 Å². The van der Waals surface area contributed by atoms with Gasteiger partial charge in [-0.1, -0.05) is 0 Å². The van der Waals surface area contributed by atoms with Crippen molar-refractivity contribution in [2.75, 3.05) is 0 Å². The standard InChI is InChI=1S/C6H7.2O.Ti/c1-2-4-6-5-3-1;;;/h1-5H,6H2;;;. The average Bonchev–Trinajstić information content (AvgIpc) is 1.90. The fourth-order valence-electron chi connectivity index (χ4n) is 0.755. The molecule has 2 nitrogen and oxygen atoms in total. The van der Waals surface area contributed by atoms with Gasteiger partial charge in [-0.3, -0.25) is 0 Å². The molecular weight excluding hydrogens is 152 g/mol. The average molecular weight is 159 g/mol. The van der Waals surface area contributed by atoms with Crippen molar-refractivity contribution in [2.24, 2.45) is 0 Å². The van der Waals surface area contributed by atoms with E-state index in [9.17, 15) is 6.65 Å². The van der Waals surface area contributed by atoms with Crippen molar-refractivity contribution in [3.63, 3.8) is 0 Å². The predicted molar refractivity (Wildman–Crippen MR) is 28.0 cm³/mol. The molecule has 0 saturated heterocycles. The van der Waals surface area contributed by atoms with Crippen molar-refractivity contribution in [1.82, 2.24) is 0 Å². The third-order valence-corrected chi connectivity index (χ3v) is 2.90. The van der Waals surface area contributed by atoms with E-state index in [0.717, 1.165) is 0 Å². The van der Waals surface area contributed by atoms with Crippen LogP contribution in [0.4, 0.5) is 0 Å². The summed E-state index contributed by atoms with van der Waals surface area (Å²) in [5.74, 6) is 0. The van der Waals surface area contributed by atoms with E-state index in [2.05, 4.69) is 0 Å². The van der Waals surface area contributed by atoms with E-state index in [-0.39, 0.29) is 4.22 Å². The summed E-state index contributed by atoms with van der Waals surface area (Å²) in [7, 11) is 0. The van der Waals surface area contributed by atoms with Gasteiger partial charge in [-0.15, -0.1) is 0 Å². The SMILES string of the molecule is [O]=[Ti](=[O])[CH]1C=CC=CC1. The molecule has 1 unspecified atom stereocenters. The van der Waals surface area contributed by atoms with Gasteiger partial charge in [0.1, 0.15) is 0 Å². The Morgan fingerprint density at radius 1 is 1.33 bits per heavy atom. The molecule has 0 fully saturated rings. The second kappa shape index (κ2) is 3.09. The maximum absolute atomic E-state index is 10.4. The quantitative estimate of drug-likeness (QED) is 0.544. The zero-order valence-electron chi connectivity index (χ0n) is 4.91. The van der Waals surface area contributed by atoms with Crippen LogP contribution in [0, 0.1) is 0 Å². The van der Waals surface area contributed by atoms with E-state index < -0.39 is 17.8 Å². The third kappa shape index (κ3) is 1.88. The molecule has 9 heavy (non-hydrogen) atoms. The van der Waals surface area contributed by atoms with Gasteiger partial charge in [0.2, 0.25) is 0 Å². The summed E-state index contributed by atoms with van der Waals surface area (Å²) < 4.78 is 20.7. The van der Waals surface area contributed by atoms with Gasteiger partial charge in [-0.05, 0) is 0 Å². The Labute approximate surface area is 59.7 Å². The van der Waals surface area contributed by atoms with Crippen molar-refractivity contribution in [3.05, 3.63) is 24.3 Å². The first kappa shape index (κ1) is 6.91. The Hall–Kier alpha value is -0.206. The van der Waals surface area contributed by atoms with Crippen molar-refractivity contribution in [3.8, 4) is 0 Å². The molecule has 0 saturated carbocycles. The van der Waals surface area contributed by atoms with E-state index in [4.69, 9.17) is 0 Å². The number of allylic oxidation sites excluding steroid dienone is 4. The monoisotopic (exact) mass is 159 g/mol. The molecule has 0 aromatic rings. The fraction of sp³-hybridized carbons (Fsp3) is 0.333. The van der Waals surface area contributed by atoms with Crippen molar-refractivity contribution < 1.29 is 24.5 Å². The Kier molecular flexibility index (Phi) is 2.37. The Morgan fingerprint density at radius 2 is 2.11 bits per heavy atom. The van der Waals surface area contributed by atoms with Crippen LogP contribution in [0.2, 0.25) is 4.22 Å². The zero-order chi connectivity index (χ0) is 6.69. The van der Waals surface area contributed by atoms with Gasteiger partial charge in [0, 0.05) is 0 Å². The third-order valence-electron chi connectivity index (χ3n) is 1.28. The molecule has 0 amide bonds. The van der Waals surface area contributed by atoms with Crippen LogP contribution in [0.5, 0.6) is 0 Å². The van der Waals surface area contributed by atoms with Crippen LogP contribution in [0.15, 0.2) is 24.3 Å². The van der Waals surface area contributed by atoms with Crippen LogP contribution in [-0.4, -0.2) is 0 Å². The van der Waals surface area contributed by atoms with Crippen molar-refractivity contribution >= 4 is 0 Å². The van der Waals surface area contributed by atoms with E-state index >= 15 is 0 Å². The van der Waals surface area contributed by atoms with Crippen molar-refractivity contribution in [2.45, 2.75) is 10.6 Å². The molecule has 0 bridgehead atoms. The summed E-state index contributed by atoms with van der Waals surface area (Å²) in [5.41, 5.74) is 0. The normalized spacial score (nSPS) is 24.2. The van der Waals surface area contributed by atoms with Gasteiger partial charge in [0.05, 0.1) is 0 Å². The Balaban J connectivity index is 2.67. The van der Waals surface area contributed by atoms with Crippen LogP contribution in [0.1, 0.15) is 6.42 Å². The van der Waals surface area contributed by atoms with E-state index in [1.807, 2.05) is 12.2 Å². The summed E-state index contributed by atoms with van der Waals surface area (Å²) in [6.45, 7) is 0. The van der Waals surface area contributed by atoms with E-state index in [0.29, 0.717) is 6.42 Å². The summed E-state index contributed by atoms with van der Waals surface area (Å²) in [6, 6.07) is 0.